The fourth-order valence-electron chi connectivity index (χ4n) is 3.17. The number of fused-ring (bicyclic) bond motifs is 1. The van der Waals surface area contributed by atoms with Gasteiger partial charge >= 0.3 is 5.63 Å². The average molecular weight is 439 g/mol. The molecule has 2 aromatic heterocycles. The maximum Gasteiger partial charge on any atom is 0.336 e. The molecule has 0 aliphatic carbocycles. The molecule has 1 N–H and O–H groups in total. The van der Waals surface area contributed by atoms with Gasteiger partial charge in [-0.1, -0.05) is 30.7 Å². The van der Waals surface area contributed by atoms with E-state index in [0.29, 0.717) is 29.3 Å². The van der Waals surface area contributed by atoms with Crippen LogP contribution in [0.5, 0.6) is 5.75 Å². The van der Waals surface area contributed by atoms with Crippen molar-refractivity contribution >= 4 is 34.2 Å². The minimum Gasteiger partial charge on any atom is -0.482 e. The number of carbonyl (C=O) groups excluding carboxylic acids is 1. The Morgan fingerprint density at radius 3 is 2.74 bits per heavy atom. The SMILES string of the molecule is CCc1cc(=O)oc2cc(OCC(=O)Nc3ccc(Cn4cncn4)cc3)c(Cl)cc12. The van der Waals surface area contributed by atoms with Crippen LogP contribution in [-0.4, -0.2) is 27.3 Å². The monoisotopic (exact) mass is 438 g/mol. The number of benzene rings is 2. The van der Waals surface area contributed by atoms with Gasteiger partial charge in [-0.2, -0.15) is 5.10 Å². The van der Waals surface area contributed by atoms with Gasteiger partial charge in [-0.15, -0.1) is 0 Å². The zero-order chi connectivity index (χ0) is 21.8. The predicted molar refractivity (Wildman–Crippen MR) is 117 cm³/mol. The number of hydrogen-bond donors (Lipinski definition) is 1. The van der Waals surface area contributed by atoms with Crippen molar-refractivity contribution < 1.29 is 13.9 Å². The highest BCUT2D eigenvalue weighted by atomic mass is 35.5. The van der Waals surface area contributed by atoms with Crippen molar-refractivity contribution in [1.82, 2.24) is 14.8 Å². The Bertz CT molecular complexity index is 1270. The number of anilines is 1. The lowest BCUT2D eigenvalue weighted by Gasteiger charge is -2.11. The minimum absolute atomic E-state index is 0.246. The smallest absolute Gasteiger partial charge is 0.336 e. The van der Waals surface area contributed by atoms with Gasteiger partial charge in [-0.3, -0.25) is 4.79 Å². The molecule has 0 radical (unpaired) electrons. The first kappa shape index (κ1) is 20.6. The molecule has 158 valence electrons. The quantitative estimate of drug-likeness (QED) is 0.442. The third-order valence-corrected chi connectivity index (χ3v) is 4.97. The molecule has 0 unspecified atom stereocenters. The summed E-state index contributed by atoms with van der Waals surface area (Å²) in [5, 5.41) is 7.91. The molecule has 2 aromatic carbocycles. The van der Waals surface area contributed by atoms with Gasteiger partial charge in [0.15, 0.2) is 6.61 Å². The van der Waals surface area contributed by atoms with Crippen LogP contribution in [0.2, 0.25) is 5.02 Å². The van der Waals surface area contributed by atoms with E-state index in [4.69, 9.17) is 20.8 Å². The highest BCUT2D eigenvalue weighted by Gasteiger charge is 2.12. The summed E-state index contributed by atoms with van der Waals surface area (Å²) in [6.07, 6.45) is 3.78. The summed E-state index contributed by atoms with van der Waals surface area (Å²) in [5.41, 5.74) is 2.43. The van der Waals surface area contributed by atoms with Gasteiger partial charge in [0.25, 0.3) is 5.91 Å². The number of aryl methyl sites for hydroxylation is 1. The fourth-order valence-corrected chi connectivity index (χ4v) is 3.38. The number of halogens is 1. The molecule has 4 rings (SSSR count). The second kappa shape index (κ2) is 9.01. The number of amides is 1. The molecule has 0 saturated carbocycles. The van der Waals surface area contributed by atoms with Gasteiger partial charge in [-0.25, -0.2) is 14.5 Å². The van der Waals surface area contributed by atoms with Crippen LogP contribution in [0, 0.1) is 0 Å². The lowest BCUT2D eigenvalue weighted by Crippen LogP contribution is -2.20. The average Bonchev–Trinajstić information content (AvgIpc) is 3.26. The molecular formula is C22H19ClN4O4. The standard InChI is InChI=1S/C22H19ClN4O4/c1-2-15-7-22(29)31-19-9-20(18(23)8-17(15)19)30-11-21(28)26-16-5-3-14(4-6-16)10-27-13-24-12-25-27/h3-9,12-13H,2,10-11H2,1H3,(H,26,28). The first-order chi connectivity index (χ1) is 15.0. The topological polar surface area (TPSA) is 99.2 Å². The number of ether oxygens (including phenoxy) is 1. The summed E-state index contributed by atoms with van der Waals surface area (Å²) in [5.74, 6) is -0.0761. The molecule has 2 heterocycles. The maximum absolute atomic E-state index is 12.3. The van der Waals surface area contributed by atoms with Crippen molar-refractivity contribution in [2.24, 2.45) is 0 Å². The van der Waals surface area contributed by atoms with E-state index in [-0.39, 0.29) is 18.3 Å². The number of nitrogens with zero attached hydrogens (tertiary/aromatic N) is 3. The highest BCUT2D eigenvalue weighted by molar-refractivity contribution is 6.32. The normalized spacial score (nSPS) is 10.9. The van der Waals surface area contributed by atoms with Gasteiger partial charge in [0.1, 0.15) is 24.0 Å². The van der Waals surface area contributed by atoms with E-state index in [1.165, 1.54) is 18.5 Å². The van der Waals surface area contributed by atoms with Crippen molar-refractivity contribution in [3.63, 3.8) is 0 Å². The van der Waals surface area contributed by atoms with Crippen LogP contribution in [0.25, 0.3) is 11.0 Å². The largest absolute Gasteiger partial charge is 0.482 e. The summed E-state index contributed by atoms with van der Waals surface area (Å²) in [7, 11) is 0. The molecule has 0 fully saturated rings. The molecule has 4 aromatic rings. The van der Waals surface area contributed by atoms with E-state index in [0.717, 1.165) is 16.5 Å². The molecular weight excluding hydrogens is 420 g/mol. The van der Waals surface area contributed by atoms with Crippen LogP contribution in [0.4, 0.5) is 5.69 Å². The van der Waals surface area contributed by atoms with Gasteiger partial charge in [-0.05, 0) is 35.7 Å². The molecule has 8 nitrogen and oxygen atoms in total. The third-order valence-electron chi connectivity index (χ3n) is 4.67. The van der Waals surface area contributed by atoms with Crippen LogP contribution < -0.4 is 15.7 Å². The molecule has 0 bridgehead atoms. The molecule has 31 heavy (non-hydrogen) atoms. The summed E-state index contributed by atoms with van der Waals surface area (Å²) >= 11 is 6.30. The van der Waals surface area contributed by atoms with E-state index >= 15 is 0 Å². The van der Waals surface area contributed by atoms with Crippen molar-refractivity contribution in [3.05, 3.63) is 81.7 Å². The van der Waals surface area contributed by atoms with Gasteiger partial charge in [0.2, 0.25) is 0 Å². The lowest BCUT2D eigenvalue weighted by atomic mass is 10.1. The van der Waals surface area contributed by atoms with Crippen molar-refractivity contribution in [3.8, 4) is 5.75 Å². The summed E-state index contributed by atoms with van der Waals surface area (Å²) in [6, 6.07) is 12.0. The van der Waals surface area contributed by atoms with Gasteiger partial charge in [0.05, 0.1) is 11.6 Å². The van der Waals surface area contributed by atoms with E-state index in [2.05, 4.69) is 15.4 Å². The van der Waals surface area contributed by atoms with E-state index in [1.807, 2.05) is 19.1 Å². The van der Waals surface area contributed by atoms with Crippen LogP contribution in [0.3, 0.4) is 0 Å². The van der Waals surface area contributed by atoms with Crippen LogP contribution in [0.15, 0.2) is 64.3 Å². The Morgan fingerprint density at radius 2 is 2.03 bits per heavy atom. The minimum atomic E-state index is -0.442. The molecule has 0 spiro atoms. The summed E-state index contributed by atoms with van der Waals surface area (Å²) in [4.78, 5) is 27.9. The molecule has 0 aliphatic heterocycles. The highest BCUT2D eigenvalue weighted by Crippen LogP contribution is 2.31. The van der Waals surface area contributed by atoms with Crippen molar-refractivity contribution in [2.75, 3.05) is 11.9 Å². The Hall–Kier alpha value is -3.65. The number of carbonyl (C=O) groups is 1. The molecule has 0 aliphatic rings. The zero-order valence-electron chi connectivity index (χ0n) is 16.7. The lowest BCUT2D eigenvalue weighted by molar-refractivity contribution is -0.118. The predicted octanol–water partition coefficient (Wildman–Crippen LogP) is 3.67. The van der Waals surface area contributed by atoms with Crippen molar-refractivity contribution in [1.29, 1.82) is 0 Å². The number of nitrogens with one attached hydrogen (secondary N) is 1. The van der Waals surface area contributed by atoms with Gasteiger partial charge in [0, 0.05) is 23.2 Å². The van der Waals surface area contributed by atoms with E-state index < -0.39 is 5.63 Å². The molecule has 9 heteroatoms. The maximum atomic E-state index is 12.3. The Labute approximate surface area is 182 Å². The van der Waals surface area contributed by atoms with Crippen LogP contribution in [0.1, 0.15) is 18.1 Å². The number of rotatable bonds is 7. The Morgan fingerprint density at radius 1 is 1.23 bits per heavy atom. The molecule has 0 saturated heterocycles. The zero-order valence-corrected chi connectivity index (χ0v) is 17.4. The second-order valence-electron chi connectivity index (χ2n) is 6.85. The Balaban J connectivity index is 1.40. The van der Waals surface area contributed by atoms with E-state index in [1.54, 1.807) is 29.2 Å². The summed E-state index contributed by atoms with van der Waals surface area (Å²) in [6.45, 7) is 2.29. The number of hydrogen-bond acceptors (Lipinski definition) is 6. The van der Waals surface area contributed by atoms with Gasteiger partial charge < -0.3 is 14.5 Å². The fraction of sp³-hybridized carbons (Fsp3) is 0.182. The van der Waals surface area contributed by atoms with Crippen LogP contribution >= 0.6 is 11.6 Å². The molecule has 0 atom stereocenters. The van der Waals surface area contributed by atoms with E-state index in [9.17, 15) is 9.59 Å². The third kappa shape index (κ3) is 4.92. The molecule has 1 amide bonds. The van der Waals surface area contributed by atoms with Crippen molar-refractivity contribution in [2.45, 2.75) is 19.9 Å². The summed E-state index contributed by atoms with van der Waals surface area (Å²) < 4.78 is 12.5. The number of aromatic nitrogens is 3. The second-order valence-corrected chi connectivity index (χ2v) is 7.26. The Kier molecular flexibility index (Phi) is 5.99. The first-order valence-electron chi connectivity index (χ1n) is 9.62. The first-order valence-corrected chi connectivity index (χ1v) is 10.00. The van der Waals surface area contributed by atoms with Crippen LogP contribution in [-0.2, 0) is 17.8 Å².